The lowest BCUT2D eigenvalue weighted by Crippen LogP contribution is -2.34. The summed E-state index contributed by atoms with van der Waals surface area (Å²) in [5, 5.41) is 0. The summed E-state index contributed by atoms with van der Waals surface area (Å²) in [6.07, 6.45) is 1.89. The Morgan fingerprint density at radius 2 is 1.52 bits per heavy atom. The first-order valence-corrected chi connectivity index (χ1v) is 7.78. The van der Waals surface area contributed by atoms with Crippen LogP contribution in [0.5, 0.6) is 0 Å². The summed E-state index contributed by atoms with van der Waals surface area (Å²) in [7, 11) is 2.31. The number of esters is 2. The highest BCUT2D eigenvalue weighted by molar-refractivity contribution is 6.21. The van der Waals surface area contributed by atoms with E-state index in [2.05, 4.69) is 9.47 Å². The molecule has 1 aliphatic heterocycles. The SMILES string of the molecule is CC[C@H](C=C(C(=O)OC)C(=O)OC)CN1C(=O)c2ccccc2C1=O. The van der Waals surface area contributed by atoms with Gasteiger partial charge in [-0.15, -0.1) is 0 Å². The number of hydrogen-bond acceptors (Lipinski definition) is 6. The largest absolute Gasteiger partial charge is 0.465 e. The van der Waals surface area contributed by atoms with Gasteiger partial charge in [0.1, 0.15) is 5.57 Å². The lowest BCUT2D eigenvalue weighted by molar-refractivity contribution is -0.144. The van der Waals surface area contributed by atoms with Gasteiger partial charge in [-0.05, 0) is 24.5 Å². The van der Waals surface area contributed by atoms with Crippen LogP contribution in [0.3, 0.4) is 0 Å². The number of methoxy groups -OCH3 is 2. The second kappa shape index (κ2) is 7.74. The van der Waals surface area contributed by atoms with Crippen LogP contribution in [0.15, 0.2) is 35.9 Å². The van der Waals surface area contributed by atoms with Crippen molar-refractivity contribution < 1.29 is 28.7 Å². The molecule has 0 saturated heterocycles. The van der Waals surface area contributed by atoms with Gasteiger partial charge in [0.2, 0.25) is 0 Å². The maximum Gasteiger partial charge on any atom is 0.344 e. The van der Waals surface area contributed by atoms with Crippen molar-refractivity contribution in [2.24, 2.45) is 5.92 Å². The van der Waals surface area contributed by atoms with E-state index in [-0.39, 0.29) is 23.9 Å². The van der Waals surface area contributed by atoms with Gasteiger partial charge < -0.3 is 9.47 Å². The van der Waals surface area contributed by atoms with E-state index in [9.17, 15) is 19.2 Å². The van der Waals surface area contributed by atoms with Crippen molar-refractivity contribution in [1.82, 2.24) is 4.90 Å². The van der Waals surface area contributed by atoms with Crippen LogP contribution in [-0.2, 0) is 19.1 Å². The predicted molar refractivity (Wildman–Crippen MR) is 87.7 cm³/mol. The van der Waals surface area contributed by atoms with Gasteiger partial charge in [-0.3, -0.25) is 14.5 Å². The van der Waals surface area contributed by atoms with Gasteiger partial charge in [-0.25, -0.2) is 9.59 Å². The van der Waals surface area contributed by atoms with E-state index in [4.69, 9.17) is 0 Å². The summed E-state index contributed by atoms with van der Waals surface area (Å²) in [4.78, 5) is 49.5. The Morgan fingerprint density at radius 3 is 1.92 bits per heavy atom. The van der Waals surface area contributed by atoms with Crippen molar-refractivity contribution in [3.63, 3.8) is 0 Å². The number of carbonyl (C=O) groups is 4. The minimum atomic E-state index is -0.826. The molecule has 0 unspecified atom stereocenters. The number of rotatable bonds is 6. The van der Waals surface area contributed by atoms with Gasteiger partial charge in [0, 0.05) is 6.54 Å². The lowest BCUT2D eigenvalue weighted by atomic mass is 10.0. The molecule has 0 radical (unpaired) electrons. The molecule has 1 aliphatic rings. The Kier molecular flexibility index (Phi) is 5.69. The molecule has 2 amide bonds. The summed E-state index contributed by atoms with van der Waals surface area (Å²) in [6, 6.07) is 6.58. The highest BCUT2D eigenvalue weighted by Crippen LogP contribution is 2.24. The first kappa shape index (κ1) is 18.4. The second-order valence-electron chi connectivity index (χ2n) is 5.50. The number of benzene rings is 1. The van der Waals surface area contributed by atoms with E-state index in [0.29, 0.717) is 17.5 Å². The molecule has 0 N–H and O–H groups in total. The van der Waals surface area contributed by atoms with Crippen LogP contribution in [0.25, 0.3) is 0 Å². The molecular formula is C18H19NO6. The first-order chi connectivity index (χ1) is 11.9. The minimum Gasteiger partial charge on any atom is -0.465 e. The molecular weight excluding hydrogens is 326 g/mol. The third-order valence-electron chi connectivity index (χ3n) is 4.03. The van der Waals surface area contributed by atoms with Gasteiger partial charge in [-0.1, -0.05) is 25.1 Å². The Morgan fingerprint density at radius 1 is 1.04 bits per heavy atom. The normalized spacial score (nSPS) is 14.0. The summed E-state index contributed by atoms with van der Waals surface area (Å²) in [6.45, 7) is 1.88. The van der Waals surface area contributed by atoms with Gasteiger partial charge in [0.25, 0.3) is 11.8 Å². The number of hydrogen-bond donors (Lipinski definition) is 0. The number of amides is 2. The molecule has 0 aromatic heterocycles. The topological polar surface area (TPSA) is 90.0 Å². The fraction of sp³-hybridized carbons (Fsp3) is 0.333. The third-order valence-corrected chi connectivity index (χ3v) is 4.03. The molecule has 1 heterocycles. The molecule has 0 saturated carbocycles. The molecule has 1 aromatic rings. The summed E-state index contributed by atoms with van der Waals surface area (Å²) >= 11 is 0. The standard InChI is InChI=1S/C18H19NO6/c1-4-11(9-14(17(22)24-2)18(23)25-3)10-19-15(20)12-7-5-6-8-13(12)16(19)21/h5-9,11H,4,10H2,1-3H3/t11-/m1/s1. The van der Waals surface area contributed by atoms with Gasteiger partial charge >= 0.3 is 11.9 Å². The maximum absolute atomic E-state index is 12.4. The van der Waals surface area contributed by atoms with Gasteiger partial charge in [0.05, 0.1) is 25.3 Å². The van der Waals surface area contributed by atoms with Crippen molar-refractivity contribution in [2.45, 2.75) is 13.3 Å². The molecule has 1 atom stereocenters. The van der Waals surface area contributed by atoms with E-state index in [0.717, 1.165) is 19.1 Å². The summed E-state index contributed by atoms with van der Waals surface area (Å²) < 4.78 is 9.18. The average molecular weight is 345 g/mol. The second-order valence-corrected chi connectivity index (χ2v) is 5.50. The van der Waals surface area contributed by atoms with E-state index >= 15 is 0 Å². The molecule has 7 heteroatoms. The lowest BCUT2D eigenvalue weighted by Gasteiger charge is -2.19. The van der Waals surface area contributed by atoms with E-state index in [1.54, 1.807) is 24.3 Å². The van der Waals surface area contributed by atoms with Crippen LogP contribution < -0.4 is 0 Å². The molecule has 0 spiro atoms. The number of imide groups is 1. The van der Waals surface area contributed by atoms with Crippen molar-refractivity contribution in [1.29, 1.82) is 0 Å². The van der Waals surface area contributed by atoms with Crippen molar-refractivity contribution >= 4 is 23.8 Å². The van der Waals surface area contributed by atoms with Crippen molar-refractivity contribution in [3.05, 3.63) is 47.0 Å². The van der Waals surface area contributed by atoms with Crippen LogP contribution in [0, 0.1) is 5.92 Å². The zero-order chi connectivity index (χ0) is 18.6. The van der Waals surface area contributed by atoms with E-state index in [1.807, 2.05) is 6.92 Å². The van der Waals surface area contributed by atoms with Crippen LogP contribution in [0.4, 0.5) is 0 Å². The summed E-state index contributed by atoms with van der Waals surface area (Å²) in [5.41, 5.74) is 0.452. The van der Waals surface area contributed by atoms with Gasteiger partial charge in [-0.2, -0.15) is 0 Å². The quantitative estimate of drug-likeness (QED) is 0.256. The van der Waals surface area contributed by atoms with E-state index in [1.165, 1.54) is 6.08 Å². The monoisotopic (exact) mass is 345 g/mol. The fourth-order valence-electron chi connectivity index (χ4n) is 2.61. The predicted octanol–water partition coefficient (Wildman–Crippen LogP) is 1.58. The van der Waals surface area contributed by atoms with Gasteiger partial charge in [0.15, 0.2) is 0 Å². The van der Waals surface area contributed by atoms with Crippen molar-refractivity contribution in [3.8, 4) is 0 Å². The number of ether oxygens (including phenoxy) is 2. The van der Waals surface area contributed by atoms with E-state index < -0.39 is 17.9 Å². The van der Waals surface area contributed by atoms with Crippen molar-refractivity contribution in [2.75, 3.05) is 20.8 Å². The Hall–Kier alpha value is -2.96. The molecule has 25 heavy (non-hydrogen) atoms. The zero-order valence-electron chi connectivity index (χ0n) is 14.3. The van der Waals surface area contributed by atoms with Crippen LogP contribution in [0.2, 0.25) is 0 Å². The first-order valence-electron chi connectivity index (χ1n) is 7.78. The Bertz CT molecular complexity index is 699. The summed E-state index contributed by atoms with van der Waals surface area (Å²) in [5.74, 6) is -2.81. The molecule has 7 nitrogen and oxygen atoms in total. The van der Waals surface area contributed by atoms with Crippen LogP contribution >= 0.6 is 0 Å². The average Bonchev–Trinajstić information content (AvgIpc) is 2.88. The maximum atomic E-state index is 12.4. The number of carbonyl (C=O) groups excluding carboxylic acids is 4. The Balaban J connectivity index is 2.27. The smallest absolute Gasteiger partial charge is 0.344 e. The molecule has 2 rings (SSSR count). The fourth-order valence-corrected chi connectivity index (χ4v) is 2.61. The number of fused-ring (bicyclic) bond motifs is 1. The third kappa shape index (κ3) is 3.60. The number of nitrogens with zero attached hydrogens (tertiary/aromatic N) is 1. The molecule has 0 aliphatic carbocycles. The highest BCUT2D eigenvalue weighted by atomic mass is 16.5. The van der Waals surface area contributed by atoms with Crippen LogP contribution in [0.1, 0.15) is 34.1 Å². The highest BCUT2D eigenvalue weighted by Gasteiger charge is 2.36. The zero-order valence-corrected chi connectivity index (χ0v) is 14.3. The minimum absolute atomic E-state index is 0.0559. The molecule has 0 bridgehead atoms. The Labute approximate surface area is 145 Å². The molecule has 0 fully saturated rings. The molecule has 132 valence electrons. The van der Waals surface area contributed by atoms with Crippen LogP contribution in [-0.4, -0.2) is 49.4 Å². The molecule has 1 aromatic carbocycles.